The zero-order chi connectivity index (χ0) is 10.1. The Morgan fingerprint density at radius 1 is 1.38 bits per heavy atom. The summed E-state index contributed by atoms with van der Waals surface area (Å²) >= 11 is 2.93. The summed E-state index contributed by atoms with van der Waals surface area (Å²) in [6, 6.07) is 2.25. The fraction of sp³-hybridized carbons (Fsp3) is 0.286. The van der Waals surface area contributed by atoms with Gasteiger partial charge in [0, 0.05) is 10.5 Å². The van der Waals surface area contributed by atoms with Crippen LogP contribution in [-0.4, -0.2) is 12.1 Å². The Labute approximate surface area is 80.9 Å². The molecule has 1 rings (SSSR count). The van der Waals surface area contributed by atoms with Crippen LogP contribution in [0.5, 0.6) is 5.88 Å². The van der Waals surface area contributed by atoms with E-state index in [1.54, 1.807) is 0 Å². The third-order valence-corrected chi connectivity index (χ3v) is 1.72. The molecule has 6 heteroatoms. The molecule has 0 fully saturated rings. The molecular formula is C7H5BrF3NO. The van der Waals surface area contributed by atoms with Crippen molar-refractivity contribution in [1.82, 2.24) is 4.98 Å². The second kappa shape index (κ2) is 3.53. The van der Waals surface area contributed by atoms with Gasteiger partial charge in [0.05, 0.1) is 7.11 Å². The zero-order valence-electron chi connectivity index (χ0n) is 6.52. The van der Waals surface area contributed by atoms with Crippen molar-refractivity contribution in [2.75, 3.05) is 7.11 Å². The van der Waals surface area contributed by atoms with Crippen LogP contribution in [0.3, 0.4) is 0 Å². The number of hydrogen-bond acceptors (Lipinski definition) is 2. The SMILES string of the molecule is COc1cc(Br)cc(C(F)(F)F)n1. The van der Waals surface area contributed by atoms with Crippen molar-refractivity contribution in [3.05, 3.63) is 22.3 Å². The first-order chi connectivity index (χ1) is 5.93. The van der Waals surface area contributed by atoms with Crippen LogP contribution in [0.15, 0.2) is 16.6 Å². The Hall–Kier alpha value is -0.780. The largest absolute Gasteiger partial charge is 0.481 e. The maximum atomic E-state index is 12.1. The second-order valence-electron chi connectivity index (χ2n) is 2.21. The lowest BCUT2D eigenvalue weighted by atomic mass is 10.3. The standard InChI is InChI=1S/C7H5BrF3NO/c1-13-6-3-4(8)2-5(12-6)7(9,10)11/h2-3H,1H3. The van der Waals surface area contributed by atoms with Crippen molar-refractivity contribution < 1.29 is 17.9 Å². The number of pyridine rings is 1. The molecule has 72 valence electrons. The minimum absolute atomic E-state index is 0.0679. The average molecular weight is 256 g/mol. The Kier molecular flexibility index (Phi) is 2.80. The van der Waals surface area contributed by atoms with Gasteiger partial charge in [0.2, 0.25) is 5.88 Å². The Bertz CT molecular complexity index is 313. The summed E-state index contributed by atoms with van der Waals surface area (Å²) < 4.78 is 41.3. The van der Waals surface area contributed by atoms with Crippen molar-refractivity contribution in [3.8, 4) is 5.88 Å². The average Bonchev–Trinajstić information content (AvgIpc) is 2.01. The minimum Gasteiger partial charge on any atom is -0.481 e. The number of nitrogens with zero attached hydrogens (tertiary/aromatic N) is 1. The normalized spacial score (nSPS) is 11.5. The van der Waals surface area contributed by atoms with E-state index < -0.39 is 11.9 Å². The number of hydrogen-bond donors (Lipinski definition) is 0. The van der Waals surface area contributed by atoms with Gasteiger partial charge in [0.25, 0.3) is 0 Å². The molecule has 0 aromatic carbocycles. The minimum atomic E-state index is -4.45. The maximum Gasteiger partial charge on any atom is 0.433 e. The molecule has 0 saturated heterocycles. The van der Waals surface area contributed by atoms with Crippen LogP contribution in [0.4, 0.5) is 13.2 Å². The molecule has 1 aromatic rings. The fourth-order valence-corrected chi connectivity index (χ4v) is 1.14. The fourth-order valence-electron chi connectivity index (χ4n) is 0.723. The molecule has 0 aliphatic heterocycles. The summed E-state index contributed by atoms with van der Waals surface area (Å²) in [6.45, 7) is 0. The molecule has 0 atom stereocenters. The summed E-state index contributed by atoms with van der Waals surface area (Å²) in [7, 11) is 1.26. The Balaban J connectivity index is 3.16. The van der Waals surface area contributed by atoms with Crippen LogP contribution in [0, 0.1) is 0 Å². The summed E-state index contributed by atoms with van der Waals surface area (Å²) in [6.07, 6.45) is -4.45. The zero-order valence-corrected chi connectivity index (χ0v) is 8.11. The number of aromatic nitrogens is 1. The maximum absolute atomic E-state index is 12.1. The highest BCUT2D eigenvalue weighted by molar-refractivity contribution is 9.10. The van der Waals surface area contributed by atoms with Crippen molar-refractivity contribution in [1.29, 1.82) is 0 Å². The van der Waals surface area contributed by atoms with Crippen LogP contribution >= 0.6 is 15.9 Å². The topological polar surface area (TPSA) is 22.1 Å². The molecule has 0 amide bonds. The second-order valence-corrected chi connectivity index (χ2v) is 3.13. The molecule has 1 heterocycles. The third-order valence-electron chi connectivity index (χ3n) is 1.27. The molecule has 13 heavy (non-hydrogen) atoms. The highest BCUT2D eigenvalue weighted by Crippen LogP contribution is 2.31. The highest BCUT2D eigenvalue weighted by atomic mass is 79.9. The van der Waals surface area contributed by atoms with E-state index in [1.165, 1.54) is 13.2 Å². The van der Waals surface area contributed by atoms with E-state index in [-0.39, 0.29) is 10.4 Å². The van der Waals surface area contributed by atoms with Gasteiger partial charge in [0.1, 0.15) is 5.69 Å². The lowest BCUT2D eigenvalue weighted by Gasteiger charge is -2.07. The molecule has 0 radical (unpaired) electrons. The molecule has 1 aromatic heterocycles. The van der Waals surface area contributed by atoms with Crippen molar-refractivity contribution in [3.63, 3.8) is 0 Å². The van der Waals surface area contributed by atoms with E-state index in [2.05, 4.69) is 25.7 Å². The summed E-state index contributed by atoms with van der Waals surface area (Å²) in [5, 5.41) is 0. The highest BCUT2D eigenvalue weighted by Gasteiger charge is 2.33. The Morgan fingerprint density at radius 3 is 2.46 bits per heavy atom. The van der Waals surface area contributed by atoms with Crippen LogP contribution in [0.1, 0.15) is 5.69 Å². The summed E-state index contributed by atoms with van der Waals surface area (Å²) in [4.78, 5) is 3.25. The third kappa shape index (κ3) is 2.58. The van der Waals surface area contributed by atoms with Gasteiger partial charge in [-0.2, -0.15) is 13.2 Å². The number of methoxy groups -OCH3 is 1. The van der Waals surface area contributed by atoms with Gasteiger partial charge in [0.15, 0.2) is 0 Å². The predicted octanol–water partition coefficient (Wildman–Crippen LogP) is 2.87. The molecule has 2 nitrogen and oxygen atoms in total. The number of rotatable bonds is 1. The van der Waals surface area contributed by atoms with Crippen LogP contribution in [0.2, 0.25) is 0 Å². The lowest BCUT2D eigenvalue weighted by molar-refractivity contribution is -0.141. The van der Waals surface area contributed by atoms with E-state index in [9.17, 15) is 13.2 Å². The van der Waals surface area contributed by atoms with Crippen LogP contribution in [0.25, 0.3) is 0 Å². The van der Waals surface area contributed by atoms with Gasteiger partial charge in [-0.3, -0.25) is 0 Å². The van der Waals surface area contributed by atoms with Gasteiger partial charge in [-0.1, -0.05) is 15.9 Å². The first kappa shape index (κ1) is 10.3. The molecule has 0 N–H and O–H groups in total. The van der Waals surface area contributed by atoms with Crippen LogP contribution in [-0.2, 0) is 6.18 Å². The number of halogens is 4. The first-order valence-electron chi connectivity index (χ1n) is 3.22. The van der Waals surface area contributed by atoms with Gasteiger partial charge >= 0.3 is 6.18 Å². The molecule has 0 aliphatic rings. The van der Waals surface area contributed by atoms with E-state index in [4.69, 9.17) is 0 Å². The smallest absolute Gasteiger partial charge is 0.433 e. The van der Waals surface area contributed by atoms with E-state index in [1.807, 2.05) is 0 Å². The van der Waals surface area contributed by atoms with Crippen molar-refractivity contribution in [2.45, 2.75) is 6.18 Å². The van der Waals surface area contributed by atoms with Gasteiger partial charge in [-0.05, 0) is 6.07 Å². The quantitative estimate of drug-likeness (QED) is 0.770. The first-order valence-corrected chi connectivity index (χ1v) is 4.01. The number of ether oxygens (including phenoxy) is 1. The molecule has 0 bridgehead atoms. The number of alkyl halides is 3. The van der Waals surface area contributed by atoms with Crippen molar-refractivity contribution in [2.24, 2.45) is 0 Å². The Morgan fingerprint density at radius 2 is 2.00 bits per heavy atom. The van der Waals surface area contributed by atoms with E-state index in [0.717, 1.165) is 6.07 Å². The predicted molar refractivity (Wildman–Crippen MR) is 43.5 cm³/mol. The molecule has 0 spiro atoms. The molecule has 0 saturated carbocycles. The van der Waals surface area contributed by atoms with E-state index in [0.29, 0.717) is 0 Å². The summed E-state index contributed by atoms with van der Waals surface area (Å²) in [5.74, 6) is -0.0679. The van der Waals surface area contributed by atoms with Crippen molar-refractivity contribution >= 4 is 15.9 Å². The van der Waals surface area contributed by atoms with Gasteiger partial charge in [-0.25, -0.2) is 4.98 Å². The molecular weight excluding hydrogens is 251 g/mol. The van der Waals surface area contributed by atoms with Gasteiger partial charge in [-0.15, -0.1) is 0 Å². The van der Waals surface area contributed by atoms with E-state index >= 15 is 0 Å². The molecule has 0 aliphatic carbocycles. The monoisotopic (exact) mass is 255 g/mol. The van der Waals surface area contributed by atoms with Crippen LogP contribution < -0.4 is 4.74 Å². The molecule has 0 unspecified atom stereocenters. The lowest BCUT2D eigenvalue weighted by Crippen LogP contribution is -2.08. The summed E-state index contributed by atoms with van der Waals surface area (Å²) in [5.41, 5.74) is -0.973. The van der Waals surface area contributed by atoms with Gasteiger partial charge < -0.3 is 4.74 Å².